The van der Waals surface area contributed by atoms with Crippen molar-refractivity contribution in [3.63, 3.8) is 0 Å². The fraction of sp³-hybridized carbons (Fsp3) is 0.294. The molecule has 112 valence electrons. The van der Waals surface area contributed by atoms with Gasteiger partial charge in [0, 0.05) is 17.1 Å². The van der Waals surface area contributed by atoms with Gasteiger partial charge < -0.3 is 15.2 Å². The normalized spacial score (nSPS) is 13.7. The van der Waals surface area contributed by atoms with Crippen molar-refractivity contribution in [3.8, 4) is 5.75 Å². The standard InChI is InChI=1S/C17H20BrNO2/c1-12(13-5-4-8-16(10-13)21-2)19-11-17(20)14-6-3-7-15(18)9-14/h3-10,12,17,19-20H,11H2,1-2H3/t12-,17?/m0/s1. The van der Waals surface area contributed by atoms with Crippen LogP contribution in [0.25, 0.3) is 0 Å². The highest BCUT2D eigenvalue weighted by atomic mass is 79.9. The number of aliphatic hydroxyl groups is 1. The lowest BCUT2D eigenvalue weighted by Crippen LogP contribution is -2.24. The number of hydrogen-bond donors (Lipinski definition) is 2. The number of nitrogens with one attached hydrogen (secondary N) is 1. The monoisotopic (exact) mass is 349 g/mol. The highest BCUT2D eigenvalue weighted by Gasteiger charge is 2.11. The van der Waals surface area contributed by atoms with E-state index < -0.39 is 6.10 Å². The van der Waals surface area contributed by atoms with Crippen molar-refractivity contribution >= 4 is 15.9 Å². The Morgan fingerprint density at radius 1 is 1.14 bits per heavy atom. The molecule has 0 radical (unpaired) electrons. The van der Waals surface area contributed by atoms with Crippen molar-refractivity contribution in [2.45, 2.75) is 19.1 Å². The van der Waals surface area contributed by atoms with Gasteiger partial charge in [0.25, 0.3) is 0 Å². The maximum absolute atomic E-state index is 10.2. The minimum Gasteiger partial charge on any atom is -0.497 e. The highest BCUT2D eigenvalue weighted by Crippen LogP contribution is 2.21. The zero-order chi connectivity index (χ0) is 15.2. The Bertz CT molecular complexity index is 589. The van der Waals surface area contributed by atoms with E-state index in [2.05, 4.69) is 28.2 Å². The summed E-state index contributed by atoms with van der Waals surface area (Å²) < 4.78 is 6.20. The SMILES string of the molecule is COc1cccc([C@H](C)NCC(O)c2cccc(Br)c2)c1. The third kappa shape index (κ3) is 4.56. The topological polar surface area (TPSA) is 41.5 Å². The van der Waals surface area contributed by atoms with E-state index in [4.69, 9.17) is 4.74 Å². The molecule has 21 heavy (non-hydrogen) atoms. The van der Waals surface area contributed by atoms with Crippen LogP contribution in [0.1, 0.15) is 30.2 Å². The van der Waals surface area contributed by atoms with E-state index in [1.165, 1.54) is 0 Å². The molecule has 0 bridgehead atoms. The molecule has 0 heterocycles. The van der Waals surface area contributed by atoms with E-state index in [0.717, 1.165) is 21.3 Å². The molecule has 0 saturated carbocycles. The largest absolute Gasteiger partial charge is 0.497 e. The van der Waals surface area contributed by atoms with Gasteiger partial charge in [0.1, 0.15) is 5.75 Å². The molecule has 0 amide bonds. The van der Waals surface area contributed by atoms with Crippen LogP contribution in [0.4, 0.5) is 0 Å². The lowest BCUT2D eigenvalue weighted by molar-refractivity contribution is 0.170. The van der Waals surface area contributed by atoms with Gasteiger partial charge in [-0.05, 0) is 42.3 Å². The Morgan fingerprint density at radius 2 is 1.86 bits per heavy atom. The van der Waals surface area contributed by atoms with E-state index in [9.17, 15) is 5.11 Å². The van der Waals surface area contributed by atoms with Crippen LogP contribution >= 0.6 is 15.9 Å². The van der Waals surface area contributed by atoms with E-state index in [-0.39, 0.29) is 6.04 Å². The van der Waals surface area contributed by atoms with E-state index in [1.54, 1.807) is 7.11 Å². The van der Waals surface area contributed by atoms with Crippen molar-refractivity contribution in [3.05, 3.63) is 64.1 Å². The van der Waals surface area contributed by atoms with Crippen LogP contribution in [0, 0.1) is 0 Å². The molecule has 0 aliphatic heterocycles. The molecule has 0 aliphatic carbocycles. The maximum atomic E-state index is 10.2. The average Bonchev–Trinajstić information content (AvgIpc) is 2.52. The predicted molar refractivity (Wildman–Crippen MR) is 88.5 cm³/mol. The van der Waals surface area contributed by atoms with Crippen LogP contribution in [0.15, 0.2) is 53.0 Å². The Hall–Kier alpha value is -1.36. The fourth-order valence-electron chi connectivity index (χ4n) is 2.15. The summed E-state index contributed by atoms with van der Waals surface area (Å²) in [5.41, 5.74) is 2.03. The average molecular weight is 350 g/mol. The summed E-state index contributed by atoms with van der Waals surface area (Å²) in [4.78, 5) is 0. The van der Waals surface area contributed by atoms with Gasteiger partial charge in [-0.3, -0.25) is 0 Å². The van der Waals surface area contributed by atoms with Gasteiger partial charge in [-0.25, -0.2) is 0 Å². The summed E-state index contributed by atoms with van der Waals surface area (Å²) in [5, 5.41) is 13.6. The van der Waals surface area contributed by atoms with Gasteiger partial charge in [-0.2, -0.15) is 0 Å². The second kappa shape index (κ2) is 7.59. The van der Waals surface area contributed by atoms with Crippen molar-refractivity contribution in [1.82, 2.24) is 5.32 Å². The van der Waals surface area contributed by atoms with Crippen LogP contribution in [0.3, 0.4) is 0 Å². The summed E-state index contributed by atoms with van der Waals surface area (Å²) in [7, 11) is 1.66. The molecule has 2 atom stereocenters. The summed E-state index contributed by atoms with van der Waals surface area (Å²) in [6, 6.07) is 15.8. The first-order valence-corrected chi connectivity index (χ1v) is 7.70. The van der Waals surface area contributed by atoms with Crippen molar-refractivity contribution in [1.29, 1.82) is 0 Å². The van der Waals surface area contributed by atoms with Crippen molar-refractivity contribution in [2.75, 3.05) is 13.7 Å². The Balaban J connectivity index is 1.95. The predicted octanol–water partition coefficient (Wildman–Crippen LogP) is 3.84. The number of halogens is 1. The van der Waals surface area contributed by atoms with E-state index in [1.807, 2.05) is 48.5 Å². The molecule has 2 aromatic carbocycles. The zero-order valence-electron chi connectivity index (χ0n) is 12.2. The summed E-state index contributed by atoms with van der Waals surface area (Å²) in [6.45, 7) is 2.57. The number of hydrogen-bond acceptors (Lipinski definition) is 3. The molecule has 3 nitrogen and oxygen atoms in total. The lowest BCUT2D eigenvalue weighted by Gasteiger charge is -2.18. The molecule has 0 spiro atoms. The quantitative estimate of drug-likeness (QED) is 0.832. The van der Waals surface area contributed by atoms with Gasteiger partial charge in [-0.1, -0.05) is 40.2 Å². The van der Waals surface area contributed by atoms with Gasteiger partial charge in [0.2, 0.25) is 0 Å². The van der Waals surface area contributed by atoms with Crippen LogP contribution in [-0.2, 0) is 0 Å². The molecule has 2 rings (SSSR count). The summed E-state index contributed by atoms with van der Waals surface area (Å²) >= 11 is 3.42. The molecule has 2 N–H and O–H groups in total. The summed E-state index contributed by atoms with van der Waals surface area (Å²) in [5.74, 6) is 0.841. The van der Waals surface area contributed by atoms with Gasteiger partial charge in [0.05, 0.1) is 13.2 Å². The van der Waals surface area contributed by atoms with Gasteiger partial charge in [0.15, 0.2) is 0 Å². The second-order valence-corrected chi connectivity index (χ2v) is 5.89. The van der Waals surface area contributed by atoms with Crippen molar-refractivity contribution < 1.29 is 9.84 Å². The van der Waals surface area contributed by atoms with E-state index >= 15 is 0 Å². The minimum atomic E-state index is -0.532. The highest BCUT2D eigenvalue weighted by molar-refractivity contribution is 9.10. The molecule has 0 aromatic heterocycles. The molecule has 0 fully saturated rings. The first-order chi connectivity index (χ1) is 10.1. The maximum Gasteiger partial charge on any atom is 0.119 e. The Labute approximate surface area is 134 Å². The second-order valence-electron chi connectivity index (χ2n) is 4.98. The number of rotatable bonds is 6. The first-order valence-electron chi connectivity index (χ1n) is 6.91. The number of benzene rings is 2. The van der Waals surface area contributed by atoms with Crippen LogP contribution in [0.5, 0.6) is 5.75 Å². The molecule has 4 heteroatoms. The van der Waals surface area contributed by atoms with Gasteiger partial charge in [-0.15, -0.1) is 0 Å². The van der Waals surface area contributed by atoms with Gasteiger partial charge >= 0.3 is 0 Å². The lowest BCUT2D eigenvalue weighted by atomic mass is 10.1. The smallest absolute Gasteiger partial charge is 0.119 e. The Morgan fingerprint density at radius 3 is 2.57 bits per heavy atom. The zero-order valence-corrected chi connectivity index (χ0v) is 13.8. The van der Waals surface area contributed by atoms with Crippen LogP contribution < -0.4 is 10.1 Å². The van der Waals surface area contributed by atoms with E-state index in [0.29, 0.717) is 6.54 Å². The summed E-state index contributed by atoms with van der Waals surface area (Å²) in [6.07, 6.45) is -0.532. The number of ether oxygens (including phenoxy) is 1. The minimum absolute atomic E-state index is 0.141. The third-order valence-electron chi connectivity index (χ3n) is 3.44. The molecular weight excluding hydrogens is 330 g/mol. The molecule has 1 unspecified atom stereocenters. The molecular formula is C17H20BrNO2. The molecule has 0 aliphatic rings. The van der Waals surface area contributed by atoms with Crippen LogP contribution in [-0.4, -0.2) is 18.8 Å². The number of methoxy groups -OCH3 is 1. The third-order valence-corrected chi connectivity index (χ3v) is 3.94. The fourth-order valence-corrected chi connectivity index (χ4v) is 2.57. The molecule has 2 aromatic rings. The first kappa shape index (κ1) is 16.0. The Kier molecular flexibility index (Phi) is 5.79. The van der Waals surface area contributed by atoms with Crippen LogP contribution in [0.2, 0.25) is 0 Å². The number of aliphatic hydroxyl groups excluding tert-OH is 1. The van der Waals surface area contributed by atoms with Crippen molar-refractivity contribution in [2.24, 2.45) is 0 Å². The molecule has 0 saturated heterocycles.